The van der Waals surface area contributed by atoms with Crippen LogP contribution in [0.2, 0.25) is 5.15 Å². The van der Waals surface area contributed by atoms with E-state index in [2.05, 4.69) is 27.1 Å². The summed E-state index contributed by atoms with van der Waals surface area (Å²) in [5.41, 5.74) is 6.99. The van der Waals surface area contributed by atoms with E-state index < -0.39 is 5.60 Å². The molecule has 3 heterocycles. The van der Waals surface area contributed by atoms with Crippen molar-refractivity contribution in [3.8, 4) is 11.8 Å². The number of anilines is 1. The van der Waals surface area contributed by atoms with Crippen molar-refractivity contribution in [2.24, 2.45) is 5.41 Å². The summed E-state index contributed by atoms with van der Waals surface area (Å²) in [7, 11) is 0. The van der Waals surface area contributed by atoms with Gasteiger partial charge in [0, 0.05) is 19.3 Å². The lowest BCUT2D eigenvalue weighted by Gasteiger charge is -2.52. The second-order valence-corrected chi connectivity index (χ2v) is 9.84. The predicted octanol–water partition coefficient (Wildman–Crippen LogP) is 3.66. The molecule has 2 N–H and O–H groups in total. The lowest BCUT2D eigenvalue weighted by molar-refractivity contribution is -0.0258. The van der Waals surface area contributed by atoms with Crippen LogP contribution in [-0.2, 0) is 4.74 Å². The molecule has 164 valence electrons. The van der Waals surface area contributed by atoms with Gasteiger partial charge in [-0.2, -0.15) is 5.10 Å². The predicted molar refractivity (Wildman–Crippen MR) is 117 cm³/mol. The molecule has 9 heteroatoms. The number of amides is 1. The molecule has 0 unspecified atom stereocenters. The lowest BCUT2D eigenvalue weighted by Crippen LogP contribution is -2.50. The van der Waals surface area contributed by atoms with Gasteiger partial charge >= 0.3 is 6.09 Å². The molecule has 2 fully saturated rings. The molecule has 2 aromatic heterocycles. The Morgan fingerprint density at radius 2 is 1.97 bits per heavy atom. The highest BCUT2D eigenvalue weighted by Gasteiger charge is 2.47. The van der Waals surface area contributed by atoms with E-state index in [1.165, 1.54) is 0 Å². The summed E-state index contributed by atoms with van der Waals surface area (Å²) in [6.07, 6.45) is 7.67. The molecule has 1 aliphatic carbocycles. The van der Waals surface area contributed by atoms with Crippen LogP contribution in [-0.4, -0.2) is 49.7 Å². The van der Waals surface area contributed by atoms with Crippen molar-refractivity contribution in [1.82, 2.24) is 24.9 Å². The van der Waals surface area contributed by atoms with Crippen LogP contribution in [0.3, 0.4) is 0 Å². The number of rotatable bonds is 1. The van der Waals surface area contributed by atoms with Gasteiger partial charge in [-0.1, -0.05) is 23.4 Å². The molecular weight excluding hydrogens is 416 g/mol. The number of likely N-dealkylation sites (tertiary alicyclic amines) is 1. The Labute approximate surface area is 187 Å². The Kier molecular flexibility index (Phi) is 5.56. The zero-order chi connectivity index (χ0) is 22.2. The molecular formula is C22H27ClN6O2. The van der Waals surface area contributed by atoms with Gasteiger partial charge in [0.1, 0.15) is 5.60 Å². The molecule has 0 aromatic carbocycles. The minimum atomic E-state index is -0.458. The Hall–Kier alpha value is -2.79. The number of aromatic nitrogens is 4. The van der Waals surface area contributed by atoms with Crippen LogP contribution in [0.25, 0.3) is 0 Å². The molecule has 1 spiro atoms. The monoisotopic (exact) mass is 442 g/mol. The third-order valence-electron chi connectivity index (χ3n) is 5.92. The van der Waals surface area contributed by atoms with Crippen molar-refractivity contribution in [2.75, 3.05) is 18.8 Å². The number of nitrogens with two attached hydrogens (primary N) is 1. The number of carbonyl (C=O) groups excluding carboxylic acids is 1. The van der Waals surface area contributed by atoms with Gasteiger partial charge in [-0.15, -0.1) is 10.2 Å². The number of halogens is 1. The second kappa shape index (κ2) is 8.04. The van der Waals surface area contributed by atoms with Crippen LogP contribution < -0.4 is 5.73 Å². The van der Waals surface area contributed by atoms with E-state index in [0.29, 0.717) is 17.0 Å². The first-order valence-electron chi connectivity index (χ1n) is 10.5. The maximum absolute atomic E-state index is 12.3. The molecule has 2 aliphatic rings. The smallest absolute Gasteiger partial charge is 0.410 e. The fraction of sp³-hybridized carbons (Fsp3) is 0.545. The zero-order valence-electron chi connectivity index (χ0n) is 18.1. The highest BCUT2D eigenvalue weighted by atomic mass is 35.5. The Balaban J connectivity index is 1.32. The molecule has 4 rings (SSSR count). The van der Waals surface area contributed by atoms with Crippen molar-refractivity contribution in [1.29, 1.82) is 0 Å². The molecule has 1 saturated heterocycles. The molecule has 1 amide bonds. The minimum Gasteiger partial charge on any atom is -0.444 e. The first-order chi connectivity index (χ1) is 14.6. The average Bonchev–Trinajstić information content (AvgIpc) is 3.14. The number of hydrogen-bond donors (Lipinski definition) is 1. The summed E-state index contributed by atoms with van der Waals surface area (Å²) in [6.45, 7) is 7.19. The fourth-order valence-electron chi connectivity index (χ4n) is 4.24. The summed E-state index contributed by atoms with van der Waals surface area (Å²) >= 11 is 5.85. The number of carbonyl (C=O) groups is 1. The van der Waals surface area contributed by atoms with Crippen LogP contribution >= 0.6 is 11.6 Å². The van der Waals surface area contributed by atoms with E-state index in [1.54, 1.807) is 12.3 Å². The number of ether oxygens (including phenoxy) is 1. The number of hydrogen-bond acceptors (Lipinski definition) is 6. The molecule has 2 aromatic rings. The maximum atomic E-state index is 12.3. The Morgan fingerprint density at radius 1 is 1.26 bits per heavy atom. The van der Waals surface area contributed by atoms with Crippen LogP contribution in [0.15, 0.2) is 18.5 Å². The summed E-state index contributed by atoms with van der Waals surface area (Å²) in [5.74, 6) is 6.30. The highest BCUT2D eigenvalue weighted by molar-refractivity contribution is 6.29. The SMILES string of the molecule is CC(C)(C)OC(=O)N1CCC2(CC1)CC(n1cc(C#Cc3cc(Cl)nnc3N)cn1)C2. The maximum Gasteiger partial charge on any atom is 0.410 e. The number of nitrogen functional groups attached to an aromatic ring is 1. The quantitative estimate of drug-likeness (QED) is 0.676. The Morgan fingerprint density at radius 3 is 2.65 bits per heavy atom. The van der Waals surface area contributed by atoms with Crippen molar-refractivity contribution < 1.29 is 9.53 Å². The first kappa shape index (κ1) is 21.4. The summed E-state index contributed by atoms with van der Waals surface area (Å²) < 4.78 is 7.49. The summed E-state index contributed by atoms with van der Waals surface area (Å²) in [5, 5.41) is 12.2. The molecule has 0 bridgehead atoms. The highest BCUT2D eigenvalue weighted by Crippen LogP contribution is 2.54. The molecule has 0 atom stereocenters. The van der Waals surface area contributed by atoms with Crippen molar-refractivity contribution in [2.45, 2.75) is 58.1 Å². The van der Waals surface area contributed by atoms with E-state index in [9.17, 15) is 4.79 Å². The van der Waals surface area contributed by atoms with E-state index in [0.717, 1.165) is 44.3 Å². The van der Waals surface area contributed by atoms with Gasteiger partial charge < -0.3 is 15.4 Å². The first-order valence-corrected chi connectivity index (χ1v) is 10.8. The van der Waals surface area contributed by atoms with E-state index in [-0.39, 0.29) is 17.1 Å². The van der Waals surface area contributed by atoms with Crippen LogP contribution in [0, 0.1) is 17.3 Å². The van der Waals surface area contributed by atoms with Gasteiger partial charge in [0.05, 0.1) is 23.4 Å². The standard InChI is InChI=1S/C22H27ClN6O2/c1-21(2,3)31-20(30)28-8-6-22(7-9-28)11-17(12-22)29-14-15(13-25-29)4-5-16-10-18(23)26-27-19(16)24/h10,13-14,17H,6-9,11-12H2,1-3H3,(H2,24,27). The van der Waals surface area contributed by atoms with E-state index in [1.807, 2.05) is 36.5 Å². The van der Waals surface area contributed by atoms with Gasteiger partial charge in [-0.05, 0) is 57.9 Å². The molecule has 31 heavy (non-hydrogen) atoms. The van der Waals surface area contributed by atoms with Gasteiger partial charge in [0.2, 0.25) is 0 Å². The Bertz CT molecular complexity index is 1030. The lowest BCUT2D eigenvalue weighted by atomic mass is 9.60. The van der Waals surface area contributed by atoms with Crippen LogP contribution in [0.1, 0.15) is 63.6 Å². The van der Waals surface area contributed by atoms with Gasteiger partial charge in [0.15, 0.2) is 11.0 Å². The summed E-state index contributed by atoms with van der Waals surface area (Å²) in [4.78, 5) is 14.1. The number of nitrogens with zero attached hydrogens (tertiary/aromatic N) is 5. The fourth-order valence-corrected chi connectivity index (χ4v) is 4.39. The normalized spacial score (nSPS) is 18.3. The van der Waals surface area contributed by atoms with Crippen molar-refractivity contribution in [3.63, 3.8) is 0 Å². The van der Waals surface area contributed by atoms with Gasteiger partial charge in [-0.3, -0.25) is 4.68 Å². The van der Waals surface area contributed by atoms with Crippen molar-refractivity contribution >= 4 is 23.5 Å². The zero-order valence-corrected chi connectivity index (χ0v) is 18.8. The third-order valence-corrected chi connectivity index (χ3v) is 6.11. The average molecular weight is 443 g/mol. The van der Waals surface area contributed by atoms with Crippen LogP contribution in [0.5, 0.6) is 0 Å². The van der Waals surface area contributed by atoms with Crippen LogP contribution in [0.4, 0.5) is 10.6 Å². The van der Waals surface area contributed by atoms with Gasteiger partial charge in [-0.25, -0.2) is 4.79 Å². The second-order valence-electron chi connectivity index (χ2n) is 9.45. The largest absolute Gasteiger partial charge is 0.444 e. The summed E-state index contributed by atoms with van der Waals surface area (Å²) in [6, 6.07) is 1.96. The third kappa shape index (κ3) is 4.93. The van der Waals surface area contributed by atoms with E-state index >= 15 is 0 Å². The molecule has 8 nitrogen and oxygen atoms in total. The van der Waals surface area contributed by atoms with Gasteiger partial charge in [0.25, 0.3) is 0 Å². The topological polar surface area (TPSA) is 99.2 Å². The molecule has 1 aliphatic heterocycles. The molecule has 0 radical (unpaired) electrons. The number of piperidine rings is 1. The minimum absolute atomic E-state index is 0.208. The van der Waals surface area contributed by atoms with E-state index in [4.69, 9.17) is 22.1 Å². The molecule has 1 saturated carbocycles. The van der Waals surface area contributed by atoms with Crippen molar-refractivity contribution in [3.05, 3.63) is 34.7 Å².